The van der Waals surface area contributed by atoms with Crippen LogP contribution in [0.3, 0.4) is 0 Å². The maximum atomic E-state index is 12.6. The van der Waals surface area contributed by atoms with Crippen LogP contribution < -0.4 is 10.9 Å². The summed E-state index contributed by atoms with van der Waals surface area (Å²) in [5.74, 6) is 0.182. The SMILES string of the molecule is Cc1cc2nc(SCC(=O)NC(C)C)n(C(C)C)c(=O)c2[nH]1. The number of carbonyl (C=O) groups is 1. The lowest BCUT2D eigenvalue weighted by molar-refractivity contribution is -0.119. The van der Waals surface area contributed by atoms with Gasteiger partial charge < -0.3 is 10.3 Å². The molecular formula is C15H22N4O2S. The first-order valence-electron chi connectivity index (χ1n) is 7.33. The number of aromatic amines is 1. The number of hydrogen-bond donors (Lipinski definition) is 2. The second-order valence-corrected chi connectivity index (χ2v) is 6.83. The van der Waals surface area contributed by atoms with Crippen LogP contribution >= 0.6 is 11.8 Å². The minimum atomic E-state index is -0.0973. The summed E-state index contributed by atoms with van der Waals surface area (Å²) < 4.78 is 1.63. The molecule has 0 aromatic carbocycles. The van der Waals surface area contributed by atoms with Gasteiger partial charge in [0.05, 0.1) is 11.3 Å². The number of aryl methyl sites for hydroxylation is 1. The zero-order chi connectivity index (χ0) is 16.4. The van der Waals surface area contributed by atoms with Gasteiger partial charge in [0, 0.05) is 17.8 Å². The van der Waals surface area contributed by atoms with E-state index < -0.39 is 0 Å². The summed E-state index contributed by atoms with van der Waals surface area (Å²) in [7, 11) is 0. The minimum absolute atomic E-state index is 0.0244. The molecule has 0 unspecified atom stereocenters. The van der Waals surface area contributed by atoms with Crippen LogP contribution in [-0.4, -0.2) is 32.2 Å². The Morgan fingerprint density at radius 3 is 2.68 bits per heavy atom. The van der Waals surface area contributed by atoms with Gasteiger partial charge in [0.1, 0.15) is 5.52 Å². The van der Waals surface area contributed by atoms with E-state index in [9.17, 15) is 9.59 Å². The van der Waals surface area contributed by atoms with E-state index in [0.29, 0.717) is 16.2 Å². The maximum absolute atomic E-state index is 12.6. The normalized spacial score (nSPS) is 11.6. The number of thioether (sulfide) groups is 1. The van der Waals surface area contributed by atoms with Gasteiger partial charge in [0.2, 0.25) is 5.91 Å². The molecule has 0 atom stereocenters. The second kappa shape index (κ2) is 6.56. The zero-order valence-corrected chi connectivity index (χ0v) is 14.4. The highest BCUT2D eigenvalue weighted by Gasteiger charge is 2.16. The second-order valence-electron chi connectivity index (χ2n) is 5.89. The fraction of sp³-hybridized carbons (Fsp3) is 0.533. The number of rotatable bonds is 5. The molecule has 0 bridgehead atoms. The van der Waals surface area contributed by atoms with E-state index in [-0.39, 0.29) is 29.3 Å². The standard InChI is InChI=1S/C15H22N4O2S/c1-8(2)16-12(20)7-22-15-18-11-6-10(5)17-13(11)14(21)19(15)9(3)4/h6,8-9,17H,7H2,1-5H3,(H,16,20). The predicted octanol–water partition coefficient (Wildman–Crippen LogP) is 2.23. The molecule has 0 aliphatic rings. The molecule has 0 saturated heterocycles. The van der Waals surface area contributed by atoms with Gasteiger partial charge in [-0.1, -0.05) is 11.8 Å². The molecule has 22 heavy (non-hydrogen) atoms. The van der Waals surface area contributed by atoms with E-state index in [1.807, 2.05) is 40.7 Å². The van der Waals surface area contributed by atoms with Crippen LogP contribution in [0, 0.1) is 6.92 Å². The molecule has 6 nitrogen and oxygen atoms in total. The van der Waals surface area contributed by atoms with E-state index in [1.165, 1.54) is 11.8 Å². The van der Waals surface area contributed by atoms with Crippen molar-refractivity contribution in [3.8, 4) is 0 Å². The van der Waals surface area contributed by atoms with Crippen molar-refractivity contribution in [1.82, 2.24) is 19.9 Å². The molecule has 2 aromatic heterocycles. The largest absolute Gasteiger partial charge is 0.353 e. The van der Waals surface area contributed by atoms with Gasteiger partial charge in [0.15, 0.2) is 5.16 Å². The van der Waals surface area contributed by atoms with Crippen LogP contribution in [-0.2, 0) is 4.79 Å². The Kier molecular flexibility index (Phi) is 4.95. The number of H-pyrrole nitrogens is 1. The fourth-order valence-corrected chi connectivity index (χ4v) is 3.18. The summed E-state index contributed by atoms with van der Waals surface area (Å²) in [6.07, 6.45) is 0. The van der Waals surface area contributed by atoms with Crippen molar-refractivity contribution in [1.29, 1.82) is 0 Å². The first-order chi connectivity index (χ1) is 10.3. The van der Waals surface area contributed by atoms with Crippen molar-refractivity contribution in [2.75, 3.05) is 5.75 Å². The molecule has 0 aliphatic heterocycles. The van der Waals surface area contributed by atoms with E-state index in [1.54, 1.807) is 4.57 Å². The predicted molar refractivity (Wildman–Crippen MR) is 89.5 cm³/mol. The van der Waals surface area contributed by atoms with Crippen LogP contribution in [0.2, 0.25) is 0 Å². The average molecular weight is 322 g/mol. The van der Waals surface area contributed by atoms with Gasteiger partial charge in [-0.25, -0.2) is 4.98 Å². The van der Waals surface area contributed by atoms with Gasteiger partial charge in [-0.15, -0.1) is 0 Å². The van der Waals surface area contributed by atoms with Gasteiger partial charge >= 0.3 is 0 Å². The summed E-state index contributed by atoms with van der Waals surface area (Å²) in [5, 5.41) is 3.41. The van der Waals surface area contributed by atoms with Crippen LogP contribution in [0.15, 0.2) is 16.0 Å². The smallest absolute Gasteiger partial charge is 0.278 e. The summed E-state index contributed by atoms with van der Waals surface area (Å²) in [6, 6.07) is 1.92. The highest BCUT2D eigenvalue weighted by molar-refractivity contribution is 7.99. The van der Waals surface area contributed by atoms with Gasteiger partial charge in [-0.05, 0) is 40.7 Å². The maximum Gasteiger partial charge on any atom is 0.278 e. The van der Waals surface area contributed by atoms with Crippen molar-refractivity contribution in [2.45, 2.75) is 51.9 Å². The summed E-state index contributed by atoms with van der Waals surface area (Å²) in [5.41, 5.74) is 1.96. The molecule has 0 aliphatic carbocycles. The van der Waals surface area contributed by atoms with Crippen molar-refractivity contribution in [3.05, 3.63) is 22.1 Å². The molecule has 1 amide bonds. The summed E-state index contributed by atoms with van der Waals surface area (Å²) in [6.45, 7) is 9.59. The molecule has 7 heteroatoms. The lowest BCUT2D eigenvalue weighted by Gasteiger charge is -2.15. The molecule has 0 fully saturated rings. The highest BCUT2D eigenvalue weighted by Crippen LogP contribution is 2.21. The van der Waals surface area contributed by atoms with E-state index in [0.717, 1.165) is 5.69 Å². The molecule has 0 spiro atoms. The van der Waals surface area contributed by atoms with Gasteiger partial charge in [0.25, 0.3) is 5.56 Å². The fourth-order valence-electron chi connectivity index (χ4n) is 2.24. The lowest BCUT2D eigenvalue weighted by atomic mass is 10.3. The van der Waals surface area contributed by atoms with Crippen LogP contribution in [0.1, 0.15) is 39.4 Å². The third kappa shape index (κ3) is 3.52. The third-order valence-corrected chi connectivity index (χ3v) is 4.04. The molecule has 2 N–H and O–H groups in total. The number of amides is 1. The molecule has 120 valence electrons. The van der Waals surface area contributed by atoms with Crippen molar-refractivity contribution < 1.29 is 4.79 Å². The van der Waals surface area contributed by atoms with E-state index >= 15 is 0 Å². The third-order valence-electron chi connectivity index (χ3n) is 3.08. The number of carbonyl (C=O) groups excluding carboxylic acids is 1. The number of nitrogens with zero attached hydrogens (tertiary/aromatic N) is 2. The molecule has 2 heterocycles. The topological polar surface area (TPSA) is 79.8 Å². The lowest BCUT2D eigenvalue weighted by Crippen LogP contribution is -2.32. The minimum Gasteiger partial charge on any atom is -0.353 e. The van der Waals surface area contributed by atoms with E-state index in [4.69, 9.17) is 0 Å². The zero-order valence-electron chi connectivity index (χ0n) is 13.6. The Bertz CT molecular complexity index is 746. The van der Waals surface area contributed by atoms with Crippen molar-refractivity contribution >= 4 is 28.7 Å². The van der Waals surface area contributed by atoms with Crippen LogP contribution in [0.5, 0.6) is 0 Å². The molecule has 0 radical (unpaired) electrons. The summed E-state index contributed by atoms with van der Waals surface area (Å²) >= 11 is 1.29. The molecule has 2 rings (SSSR count). The highest BCUT2D eigenvalue weighted by atomic mass is 32.2. The molecule has 2 aromatic rings. The van der Waals surface area contributed by atoms with Gasteiger partial charge in [-0.2, -0.15) is 0 Å². The Labute approximate surface area is 133 Å². The van der Waals surface area contributed by atoms with Crippen molar-refractivity contribution in [2.24, 2.45) is 0 Å². The summed E-state index contributed by atoms with van der Waals surface area (Å²) in [4.78, 5) is 32.0. The van der Waals surface area contributed by atoms with Gasteiger partial charge in [-0.3, -0.25) is 14.2 Å². The number of nitrogens with one attached hydrogen (secondary N) is 2. The Hall–Kier alpha value is -1.76. The van der Waals surface area contributed by atoms with Crippen molar-refractivity contribution in [3.63, 3.8) is 0 Å². The van der Waals surface area contributed by atoms with Crippen LogP contribution in [0.25, 0.3) is 11.0 Å². The van der Waals surface area contributed by atoms with E-state index in [2.05, 4.69) is 15.3 Å². The first kappa shape index (κ1) is 16.6. The Morgan fingerprint density at radius 2 is 2.09 bits per heavy atom. The molecule has 0 saturated carbocycles. The van der Waals surface area contributed by atoms with Crippen LogP contribution in [0.4, 0.5) is 0 Å². The quantitative estimate of drug-likeness (QED) is 0.653. The number of fused-ring (bicyclic) bond motifs is 1. The molecular weight excluding hydrogens is 300 g/mol. The monoisotopic (exact) mass is 322 g/mol. The average Bonchev–Trinajstić information content (AvgIpc) is 2.76. The first-order valence-corrected chi connectivity index (χ1v) is 8.32. The number of hydrogen-bond acceptors (Lipinski definition) is 4. The Balaban J connectivity index is 2.37. The Morgan fingerprint density at radius 1 is 1.41 bits per heavy atom. The number of aromatic nitrogens is 3.